The highest BCUT2D eigenvalue weighted by atomic mass is 32.1. The molecule has 0 amide bonds. The van der Waals surface area contributed by atoms with Crippen molar-refractivity contribution < 1.29 is 23.6 Å². The van der Waals surface area contributed by atoms with Crippen molar-refractivity contribution in [3.05, 3.63) is 56.0 Å². The lowest BCUT2D eigenvalue weighted by Gasteiger charge is -2.35. The molecule has 26 heavy (non-hydrogen) atoms. The predicted octanol–water partition coefficient (Wildman–Crippen LogP) is 3.55. The van der Waals surface area contributed by atoms with Crippen LogP contribution >= 0.6 is 11.3 Å². The molecule has 2 heterocycles. The van der Waals surface area contributed by atoms with Crippen molar-refractivity contribution in [3.63, 3.8) is 0 Å². The first-order valence-corrected chi connectivity index (χ1v) is 8.94. The number of anilines is 1. The topological polar surface area (TPSA) is 81.9 Å². The molecule has 2 aromatic rings. The normalized spacial score (nSPS) is 17.2. The number of nitro benzene ring substituents is 1. The monoisotopic (exact) mass is 380 g/mol. The maximum Gasteiger partial charge on any atom is 0.340 e. The lowest BCUT2D eigenvalue weighted by molar-refractivity contribution is -0.385. The van der Waals surface area contributed by atoms with Gasteiger partial charge in [-0.15, -0.1) is 11.3 Å². The van der Waals surface area contributed by atoms with Crippen LogP contribution in [0.2, 0.25) is 0 Å². The third-order valence-corrected chi connectivity index (χ3v) is 4.96. The van der Waals surface area contributed by atoms with Gasteiger partial charge >= 0.3 is 5.97 Å². The summed E-state index contributed by atoms with van der Waals surface area (Å²) in [5.41, 5.74) is -0.623. The quantitative estimate of drug-likeness (QED) is 0.448. The largest absolute Gasteiger partial charge is 0.462 e. The Labute approximate surface area is 153 Å². The van der Waals surface area contributed by atoms with Gasteiger partial charge in [0.1, 0.15) is 6.10 Å². The van der Waals surface area contributed by atoms with E-state index >= 15 is 0 Å². The molecular formula is C17H17FN2O5S. The van der Waals surface area contributed by atoms with E-state index in [2.05, 4.69) is 0 Å². The highest BCUT2D eigenvalue weighted by molar-refractivity contribution is 7.10. The van der Waals surface area contributed by atoms with Gasteiger partial charge in [0.25, 0.3) is 5.69 Å². The Morgan fingerprint density at radius 2 is 2.35 bits per heavy atom. The van der Waals surface area contributed by atoms with Crippen LogP contribution < -0.4 is 4.90 Å². The molecule has 9 heteroatoms. The molecule has 0 spiro atoms. The van der Waals surface area contributed by atoms with Gasteiger partial charge in [-0.1, -0.05) is 6.07 Å². The first-order chi connectivity index (χ1) is 12.5. The maximum absolute atomic E-state index is 14.7. The van der Waals surface area contributed by atoms with Crippen LogP contribution in [0.5, 0.6) is 0 Å². The van der Waals surface area contributed by atoms with Crippen LogP contribution in [-0.2, 0) is 9.47 Å². The van der Waals surface area contributed by atoms with E-state index in [1.54, 1.807) is 11.8 Å². The first kappa shape index (κ1) is 18.3. The number of halogens is 1. The second kappa shape index (κ2) is 7.79. The van der Waals surface area contributed by atoms with Gasteiger partial charge in [-0.2, -0.15) is 0 Å². The van der Waals surface area contributed by atoms with Crippen LogP contribution in [0.3, 0.4) is 0 Å². The van der Waals surface area contributed by atoms with E-state index in [0.717, 1.165) is 17.0 Å². The Bertz CT molecular complexity index is 812. The molecular weight excluding hydrogens is 363 g/mol. The number of non-ortho nitro benzene ring substituents is 1. The molecule has 1 aromatic carbocycles. The average Bonchev–Trinajstić information content (AvgIpc) is 3.16. The molecule has 0 bridgehead atoms. The number of carbonyl (C=O) groups excluding carboxylic acids is 1. The summed E-state index contributed by atoms with van der Waals surface area (Å²) in [4.78, 5) is 25.3. The molecule has 1 fully saturated rings. The summed E-state index contributed by atoms with van der Waals surface area (Å²) in [6, 6.07) is 5.72. The number of hydrogen-bond acceptors (Lipinski definition) is 7. The number of nitro groups is 1. The molecule has 1 aliphatic heterocycles. The van der Waals surface area contributed by atoms with Crippen molar-refractivity contribution in [1.82, 2.24) is 0 Å². The van der Waals surface area contributed by atoms with E-state index in [-0.39, 0.29) is 24.0 Å². The minimum atomic E-state index is -0.825. The molecule has 0 saturated carbocycles. The number of nitrogens with zero attached hydrogens (tertiary/aromatic N) is 2. The van der Waals surface area contributed by atoms with Gasteiger partial charge in [-0.25, -0.2) is 9.18 Å². The molecule has 1 aromatic heterocycles. The van der Waals surface area contributed by atoms with Crippen molar-refractivity contribution in [2.24, 2.45) is 0 Å². The summed E-state index contributed by atoms with van der Waals surface area (Å²) in [5, 5.41) is 13.0. The van der Waals surface area contributed by atoms with Crippen LogP contribution in [0.4, 0.5) is 15.8 Å². The Morgan fingerprint density at radius 1 is 1.54 bits per heavy atom. The number of ether oxygens (including phenoxy) is 2. The van der Waals surface area contributed by atoms with Gasteiger partial charge in [0.15, 0.2) is 5.82 Å². The third-order valence-electron chi connectivity index (χ3n) is 4.00. The summed E-state index contributed by atoms with van der Waals surface area (Å²) in [7, 11) is 0. The molecule has 0 N–H and O–H groups in total. The van der Waals surface area contributed by atoms with Crippen LogP contribution in [0, 0.1) is 15.9 Å². The van der Waals surface area contributed by atoms with Gasteiger partial charge in [0.05, 0.1) is 35.5 Å². The van der Waals surface area contributed by atoms with Gasteiger partial charge in [-0.05, 0) is 18.4 Å². The predicted molar refractivity (Wildman–Crippen MR) is 94.2 cm³/mol. The fourth-order valence-corrected chi connectivity index (χ4v) is 3.64. The lowest BCUT2D eigenvalue weighted by Crippen LogP contribution is -2.39. The maximum atomic E-state index is 14.7. The molecule has 0 aliphatic carbocycles. The van der Waals surface area contributed by atoms with Crippen LogP contribution in [0.25, 0.3) is 0 Å². The molecule has 1 unspecified atom stereocenters. The minimum Gasteiger partial charge on any atom is -0.462 e. The number of hydrogen-bond donors (Lipinski definition) is 0. The van der Waals surface area contributed by atoms with E-state index < -0.39 is 22.4 Å². The van der Waals surface area contributed by atoms with Gasteiger partial charge in [0, 0.05) is 24.0 Å². The lowest BCUT2D eigenvalue weighted by atomic mass is 10.1. The SMILES string of the molecule is CCOC(=O)c1cc([N+](=O)[O-])cc(F)c1N1CCOC(c2cccs2)C1. The molecule has 3 rings (SSSR count). The van der Waals surface area contributed by atoms with E-state index in [0.29, 0.717) is 19.7 Å². The fourth-order valence-electron chi connectivity index (χ4n) is 2.87. The van der Waals surface area contributed by atoms with E-state index in [9.17, 15) is 19.3 Å². The zero-order chi connectivity index (χ0) is 18.7. The Kier molecular flexibility index (Phi) is 5.48. The number of esters is 1. The van der Waals surface area contributed by atoms with Crippen molar-refractivity contribution in [1.29, 1.82) is 0 Å². The Hall–Kier alpha value is -2.52. The van der Waals surface area contributed by atoms with Crippen LogP contribution in [0.1, 0.15) is 28.3 Å². The fraction of sp³-hybridized carbons (Fsp3) is 0.353. The standard InChI is InChI=1S/C17H17FN2O5S/c1-2-24-17(21)12-8-11(20(22)23)9-13(18)16(12)19-5-6-25-14(10-19)15-4-3-7-26-15/h3-4,7-9,14H,2,5-6,10H2,1H3. The van der Waals surface area contributed by atoms with Crippen LogP contribution in [0.15, 0.2) is 29.6 Å². The van der Waals surface area contributed by atoms with Crippen molar-refractivity contribution in [2.75, 3.05) is 31.2 Å². The second-order valence-corrected chi connectivity index (χ2v) is 6.60. The van der Waals surface area contributed by atoms with E-state index in [1.807, 2.05) is 17.5 Å². The number of carbonyl (C=O) groups is 1. The summed E-state index contributed by atoms with van der Waals surface area (Å²) in [5.74, 6) is -1.61. The number of thiophene rings is 1. The molecule has 1 saturated heterocycles. The molecule has 138 valence electrons. The molecule has 0 radical (unpaired) electrons. The van der Waals surface area contributed by atoms with Crippen molar-refractivity contribution in [2.45, 2.75) is 13.0 Å². The third kappa shape index (κ3) is 3.68. The minimum absolute atomic E-state index is 0.0129. The van der Waals surface area contributed by atoms with Crippen molar-refractivity contribution >= 4 is 28.7 Å². The summed E-state index contributed by atoms with van der Waals surface area (Å²) >= 11 is 1.53. The van der Waals surface area contributed by atoms with Gasteiger partial charge in [0.2, 0.25) is 0 Å². The number of morpholine rings is 1. The highest BCUT2D eigenvalue weighted by Gasteiger charge is 2.30. The summed E-state index contributed by atoms with van der Waals surface area (Å²) in [6.45, 7) is 2.75. The van der Waals surface area contributed by atoms with Gasteiger partial charge < -0.3 is 14.4 Å². The smallest absolute Gasteiger partial charge is 0.340 e. The number of rotatable bonds is 5. The highest BCUT2D eigenvalue weighted by Crippen LogP contribution is 2.34. The molecule has 1 aliphatic rings. The molecule has 1 atom stereocenters. The van der Waals surface area contributed by atoms with E-state index in [1.165, 1.54) is 11.3 Å². The number of benzene rings is 1. The van der Waals surface area contributed by atoms with E-state index in [4.69, 9.17) is 9.47 Å². The second-order valence-electron chi connectivity index (χ2n) is 5.62. The molecule has 7 nitrogen and oxygen atoms in total. The Morgan fingerprint density at radius 3 is 3.00 bits per heavy atom. The average molecular weight is 380 g/mol. The summed E-state index contributed by atoms with van der Waals surface area (Å²) < 4.78 is 25.4. The first-order valence-electron chi connectivity index (χ1n) is 8.06. The summed E-state index contributed by atoms with van der Waals surface area (Å²) in [6.07, 6.45) is -0.256. The zero-order valence-electron chi connectivity index (χ0n) is 14.0. The zero-order valence-corrected chi connectivity index (χ0v) is 14.8. The van der Waals surface area contributed by atoms with Crippen LogP contribution in [-0.4, -0.2) is 37.2 Å². The van der Waals surface area contributed by atoms with Crippen molar-refractivity contribution in [3.8, 4) is 0 Å². The van der Waals surface area contributed by atoms with Gasteiger partial charge in [-0.3, -0.25) is 10.1 Å². The Balaban J connectivity index is 1.99.